The zero-order chi connectivity index (χ0) is 15.2. The normalized spacial score (nSPS) is 11.5. The van der Waals surface area contributed by atoms with Gasteiger partial charge in [-0.1, -0.05) is 56.3 Å². The quantitative estimate of drug-likeness (QED) is 0.654. The Morgan fingerprint density at radius 3 is 2.29 bits per heavy atom. The molecule has 0 aliphatic heterocycles. The Labute approximate surface area is 133 Å². The van der Waals surface area contributed by atoms with Crippen LogP contribution in [-0.2, 0) is 0 Å². The van der Waals surface area contributed by atoms with Gasteiger partial charge in [0.25, 0.3) is 5.91 Å². The molecule has 2 aromatic carbocycles. The van der Waals surface area contributed by atoms with Gasteiger partial charge in [-0.2, -0.15) is 5.10 Å². The molecule has 0 saturated heterocycles. The Kier molecular flexibility index (Phi) is 5.28. The van der Waals surface area contributed by atoms with Crippen LogP contribution in [0.3, 0.4) is 0 Å². The van der Waals surface area contributed by atoms with E-state index in [0.717, 1.165) is 15.7 Å². The van der Waals surface area contributed by atoms with Crippen molar-refractivity contribution in [1.29, 1.82) is 0 Å². The SMILES string of the molecule is CC(C)/C(=N\NC(=O)c1ccccc1Br)c1ccccc1. The first kappa shape index (κ1) is 15.4. The molecule has 0 bridgehead atoms. The van der Waals surface area contributed by atoms with Gasteiger partial charge < -0.3 is 0 Å². The Hall–Kier alpha value is -1.94. The van der Waals surface area contributed by atoms with E-state index in [-0.39, 0.29) is 11.8 Å². The monoisotopic (exact) mass is 344 g/mol. The van der Waals surface area contributed by atoms with Gasteiger partial charge in [0, 0.05) is 4.47 Å². The number of nitrogens with zero attached hydrogens (tertiary/aromatic N) is 1. The summed E-state index contributed by atoms with van der Waals surface area (Å²) in [6.07, 6.45) is 0. The zero-order valence-electron chi connectivity index (χ0n) is 12.0. The van der Waals surface area contributed by atoms with Crippen LogP contribution in [0.1, 0.15) is 29.8 Å². The second kappa shape index (κ2) is 7.18. The highest BCUT2D eigenvalue weighted by Crippen LogP contribution is 2.15. The third kappa shape index (κ3) is 4.02. The molecule has 2 rings (SSSR count). The molecule has 108 valence electrons. The highest BCUT2D eigenvalue weighted by atomic mass is 79.9. The molecular weight excluding hydrogens is 328 g/mol. The van der Waals surface area contributed by atoms with Gasteiger partial charge in [-0.05, 0) is 39.5 Å². The molecule has 0 aromatic heterocycles. The maximum absolute atomic E-state index is 12.2. The molecule has 0 unspecified atom stereocenters. The van der Waals surface area contributed by atoms with Gasteiger partial charge in [-0.3, -0.25) is 4.79 Å². The van der Waals surface area contributed by atoms with Crippen LogP contribution >= 0.6 is 15.9 Å². The Balaban J connectivity index is 2.22. The number of hydrogen-bond acceptors (Lipinski definition) is 2. The lowest BCUT2D eigenvalue weighted by Gasteiger charge is -2.11. The maximum Gasteiger partial charge on any atom is 0.272 e. The molecule has 0 aliphatic rings. The maximum atomic E-state index is 12.2. The molecule has 1 amide bonds. The highest BCUT2D eigenvalue weighted by molar-refractivity contribution is 9.10. The molecule has 21 heavy (non-hydrogen) atoms. The summed E-state index contributed by atoms with van der Waals surface area (Å²) in [4.78, 5) is 12.2. The summed E-state index contributed by atoms with van der Waals surface area (Å²) in [5, 5.41) is 4.31. The molecule has 0 aliphatic carbocycles. The number of carbonyl (C=O) groups is 1. The molecule has 0 atom stereocenters. The van der Waals surface area contributed by atoms with Gasteiger partial charge in [-0.25, -0.2) is 5.43 Å². The van der Waals surface area contributed by atoms with Crippen molar-refractivity contribution in [3.63, 3.8) is 0 Å². The predicted molar refractivity (Wildman–Crippen MR) is 89.4 cm³/mol. The number of nitrogens with one attached hydrogen (secondary N) is 1. The molecule has 0 saturated carbocycles. The standard InChI is InChI=1S/C17H17BrN2O/c1-12(2)16(13-8-4-3-5-9-13)19-20-17(21)14-10-6-7-11-15(14)18/h3-12H,1-2H3,(H,20,21)/b19-16+. The van der Waals surface area contributed by atoms with Crippen LogP contribution in [0.4, 0.5) is 0 Å². The summed E-state index contributed by atoms with van der Waals surface area (Å²) in [6.45, 7) is 4.10. The fraction of sp³-hybridized carbons (Fsp3) is 0.176. The van der Waals surface area contributed by atoms with E-state index in [4.69, 9.17) is 0 Å². The van der Waals surface area contributed by atoms with Gasteiger partial charge in [0.15, 0.2) is 0 Å². The average molecular weight is 345 g/mol. The molecule has 0 radical (unpaired) electrons. The summed E-state index contributed by atoms with van der Waals surface area (Å²) in [5.41, 5.74) is 5.08. The van der Waals surface area contributed by atoms with Crippen molar-refractivity contribution in [3.8, 4) is 0 Å². The van der Waals surface area contributed by atoms with Crippen molar-refractivity contribution in [1.82, 2.24) is 5.43 Å². The molecule has 4 heteroatoms. The van der Waals surface area contributed by atoms with E-state index in [1.54, 1.807) is 6.07 Å². The van der Waals surface area contributed by atoms with E-state index in [0.29, 0.717) is 5.56 Å². The summed E-state index contributed by atoms with van der Waals surface area (Å²) >= 11 is 3.37. The minimum atomic E-state index is -0.225. The molecule has 0 spiro atoms. The van der Waals surface area contributed by atoms with Gasteiger partial charge in [-0.15, -0.1) is 0 Å². The van der Waals surface area contributed by atoms with E-state index in [1.165, 1.54) is 0 Å². The fourth-order valence-electron chi connectivity index (χ4n) is 1.95. The van der Waals surface area contributed by atoms with Crippen LogP contribution in [0.15, 0.2) is 64.2 Å². The lowest BCUT2D eigenvalue weighted by atomic mass is 10.0. The van der Waals surface area contributed by atoms with E-state index in [1.807, 2.05) is 48.5 Å². The first-order valence-electron chi connectivity index (χ1n) is 6.77. The zero-order valence-corrected chi connectivity index (χ0v) is 13.6. The Morgan fingerprint density at radius 2 is 1.67 bits per heavy atom. The fourth-order valence-corrected chi connectivity index (χ4v) is 2.42. The van der Waals surface area contributed by atoms with Crippen molar-refractivity contribution < 1.29 is 4.79 Å². The molecule has 3 nitrogen and oxygen atoms in total. The summed E-state index contributed by atoms with van der Waals surface area (Å²) in [6, 6.07) is 17.1. The van der Waals surface area contributed by atoms with Crippen molar-refractivity contribution in [2.24, 2.45) is 11.0 Å². The molecule has 2 aromatic rings. The molecule has 0 heterocycles. The lowest BCUT2D eigenvalue weighted by molar-refractivity contribution is 0.0954. The van der Waals surface area contributed by atoms with E-state index < -0.39 is 0 Å². The number of hydrogen-bond donors (Lipinski definition) is 1. The highest BCUT2D eigenvalue weighted by Gasteiger charge is 2.11. The van der Waals surface area contributed by atoms with Crippen molar-refractivity contribution in [2.75, 3.05) is 0 Å². The first-order chi connectivity index (χ1) is 10.1. The largest absolute Gasteiger partial charge is 0.272 e. The molecular formula is C17H17BrN2O. The van der Waals surface area contributed by atoms with Crippen LogP contribution in [0, 0.1) is 5.92 Å². The Bertz CT molecular complexity index is 651. The predicted octanol–water partition coefficient (Wildman–Crippen LogP) is 4.24. The van der Waals surface area contributed by atoms with Crippen LogP contribution in [-0.4, -0.2) is 11.6 Å². The first-order valence-corrected chi connectivity index (χ1v) is 7.56. The van der Waals surface area contributed by atoms with Gasteiger partial charge in [0.2, 0.25) is 0 Å². The minimum absolute atomic E-state index is 0.215. The number of benzene rings is 2. The molecule has 1 N–H and O–H groups in total. The van der Waals surface area contributed by atoms with Gasteiger partial charge in [0.1, 0.15) is 0 Å². The van der Waals surface area contributed by atoms with Crippen LogP contribution < -0.4 is 5.43 Å². The van der Waals surface area contributed by atoms with Gasteiger partial charge >= 0.3 is 0 Å². The van der Waals surface area contributed by atoms with Crippen LogP contribution in [0.25, 0.3) is 0 Å². The smallest absolute Gasteiger partial charge is 0.267 e. The third-order valence-electron chi connectivity index (χ3n) is 3.01. The number of halogens is 1. The topological polar surface area (TPSA) is 41.5 Å². The van der Waals surface area contributed by atoms with E-state index in [9.17, 15) is 4.79 Å². The molecule has 0 fully saturated rings. The third-order valence-corrected chi connectivity index (χ3v) is 3.70. The number of hydrazone groups is 1. The second-order valence-corrected chi connectivity index (χ2v) is 5.79. The number of carbonyl (C=O) groups excluding carboxylic acids is 1. The summed E-state index contributed by atoms with van der Waals surface area (Å²) in [7, 11) is 0. The lowest BCUT2D eigenvalue weighted by Crippen LogP contribution is -2.22. The van der Waals surface area contributed by atoms with E-state index in [2.05, 4.69) is 40.3 Å². The van der Waals surface area contributed by atoms with Crippen molar-refractivity contribution in [2.45, 2.75) is 13.8 Å². The summed E-state index contributed by atoms with van der Waals surface area (Å²) < 4.78 is 0.753. The van der Waals surface area contributed by atoms with Crippen molar-refractivity contribution in [3.05, 3.63) is 70.2 Å². The van der Waals surface area contributed by atoms with E-state index >= 15 is 0 Å². The Morgan fingerprint density at radius 1 is 1.05 bits per heavy atom. The number of amides is 1. The van der Waals surface area contributed by atoms with Crippen LogP contribution in [0.2, 0.25) is 0 Å². The minimum Gasteiger partial charge on any atom is -0.267 e. The van der Waals surface area contributed by atoms with Crippen LogP contribution in [0.5, 0.6) is 0 Å². The van der Waals surface area contributed by atoms with Crippen molar-refractivity contribution >= 4 is 27.5 Å². The van der Waals surface area contributed by atoms with Gasteiger partial charge in [0.05, 0.1) is 11.3 Å². The summed E-state index contributed by atoms with van der Waals surface area (Å²) in [5.74, 6) is -0.0107. The average Bonchev–Trinajstić information content (AvgIpc) is 2.48. The number of rotatable bonds is 4. The second-order valence-electron chi connectivity index (χ2n) is 4.94.